The number of aromatic nitrogens is 2. The van der Waals surface area contributed by atoms with Gasteiger partial charge in [-0.3, -0.25) is 19.6 Å². The van der Waals surface area contributed by atoms with Crippen molar-refractivity contribution < 1.29 is 18.4 Å². The number of nitrogens with zero attached hydrogens (tertiary/aromatic N) is 3. The van der Waals surface area contributed by atoms with Crippen molar-refractivity contribution in [1.29, 1.82) is 0 Å². The Kier molecular flexibility index (Phi) is 6.47. The van der Waals surface area contributed by atoms with Gasteiger partial charge in [0.05, 0.1) is 12.1 Å². The predicted octanol–water partition coefficient (Wildman–Crippen LogP) is 3.27. The number of fused-ring (bicyclic) bond motifs is 1. The third-order valence-electron chi connectivity index (χ3n) is 5.06. The van der Waals surface area contributed by atoms with Gasteiger partial charge in [0.25, 0.3) is 11.7 Å². The molecule has 3 aromatic rings. The summed E-state index contributed by atoms with van der Waals surface area (Å²) in [5.41, 5.74) is 1.79. The molecule has 2 N–H and O–H groups in total. The van der Waals surface area contributed by atoms with Gasteiger partial charge in [0.1, 0.15) is 0 Å². The molecule has 0 spiro atoms. The molecule has 0 unspecified atom stereocenters. The first-order valence-corrected chi connectivity index (χ1v) is 10.7. The van der Waals surface area contributed by atoms with E-state index in [1.165, 1.54) is 0 Å². The fourth-order valence-corrected chi connectivity index (χ4v) is 4.01. The second-order valence-corrected chi connectivity index (χ2v) is 8.20. The van der Waals surface area contributed by atoms with Gasteiger partial charge in [-0.1, -0.05) is 30.0 Å². The van der Waals surface area contributed by atoms with Crippen molar-refractivity contribution in [3.8, 4) is 0 Å². The minimum atomic E-state index is -2.47. The molecule has 0 aliphatic carbocycles. The van der Waals surface area contributed by atoms with Gasteiger partial charge in [0.2, 0.25) is 5.91 Å². The quantitative estimate of drug-likeness (QED) is 0.569. The molecule has 0 atom stereocenters. The van der Waals surface area contributed by atoms with Crippen molar-refractivity contribution in [2.24, 2.45) is 0 Å². The summed E-state index contributed by atoms with van der Waals surface area (Å²) in [6.07, 6.45) is 0. The molecule has 0 bridgehead atoms. The maximum Gasteiger partial charge on any atom is 0.288 e. The number of hydrogen-bond acceptors (Lipinski definition) is 5. The first-order valence-electron chi connectivity index (χ1n) is 9.79. The lowest BCUT2D eigenvalue weighted by Crippen LogP contribution is -2.50. The molecule has 0 saturated carbocycles. The van der Waals surface area contributed by atoms with Crippen LogP contribution in [0, 0.1) is 0 Å². The van der Waals surface area contributed by atoms with Crippen LogP contribution in [0.3, 0.4) is 0 Å². The molecular weight excluding hydrogens is 424 g/mol. The van der Waals surface area contributed by atoms with Crippen molar-refractivity contribution in [3.63, 3.8) is 0 Å². The first-order chi connectivity index (χ1) is 15.0. The number of piperazine rings is 1. The summed E-state index contributed by atoms with van der Waals surface area (Å²) in [5, 5.41) is 10.6. The topological polar surface area (TPSA) is 81.3 Å². The highest BCUT2D eigenvalue weighted by Gasteiger charge is 2.26. The van der Waals surface area contributed by atoms with E-state index < -0.39 is 5.76 Å². The van der Waals surface area contributed by atoms with Crippen LogP contribution in [-0.4, -0.2) is 70.3 Å². The van der Waals surface area contributed by atoms with E-state index in [0.29, 0.717) is 54.2 Å². The number of aromatic amines is 1. The highest BCUT2D eigenvalue weighted by atomic mass is 32.2. The molecule has 2 amide bonds. The monoisotopic (exact) mass is 445 g/mol. The van der Waals surface area contributed by atoms with Crippen LogP contribution in [0.15, 0.2) is 53.4 Å². The van der Waals surface area contributed by atoms with E-state index in [-0.39, 0.29) is 18.4 Å². The van der Waals surface area contributed by atoms with Gasteiger partial charge in [-0.2, -0.15) is 13.9 Å². The predicted molar refractivity (Wildman–Crippen MR) is 115 cm³/mol. The molecule has 1 aliphatic rings. The highest BCUT2D eigenvalue weighted by molar-refractivity contribution is 7.99. The standard InChI is InChI=1S/C21H21F2N5O2S/c22-21(23)31-15-7-5-14(6-8-15)24-18(29)13-27-9-11-28(12-10-27)20(30)19-16-3-1-2-4-17(16)25-26-19/h1-8,21H,9-13H2,(H,24,29)(H,25,26). The van der Waals surface area contributed by atoms with E-state index in [4.69, 9.17) is 0 Å². The normalized spacial score (nSPS) is 14.9. The van der Waals surface area contributed by atoms with Crippen LogP contribution in [0.5, 0.6) is 0 Å². The minimum Gasteiger partial charge on any atom is -0.335 e. The third kappa shape index (κ3) is 5.20. The van der Waals surface area contributed by atoms with Crippen LogP contribution in [0.2, 0.25) is 0 Å². The number of rotatable bonds is 6. The number of thioether (sulfide) groups is 1. The SMILES string of the molecule is O=C(CN1CCN(C(=O)c2n[nH]c3ccccc23)CC1)Nc1ccc(SC(F)F)cc1. The molecule has 10 heteroatoms. The Morgan fingerprint density at radius 1 is 1.06 bits per heavy atom. The molecule has 2 heterocycles. The summed E-state index contributed by atoms with van der Waals surface area (Å²) in [7, 11) is 0. The fraction of sp³-hybridized carbons (Fsp3) is 0.286. The van der Waals surface area contributed by atoms with Crippen molar-refractivity contribution in [1.82, 2.24) is 20.0 Å². The average Bonchev–Trinajstić information content (AvgIpc) is 3.19. The molecule has 1 saturated heterocycles. The van der Waals surface area contributed by atoms with E-state index in [1.807, 2.05) is 29.2 Å². The fourth-order valence-electron chi connectivity index (χ4n) is 3.51. The van der Waals surface area contributed by atoms with Crippen LogP contribution in [0.4, 0.5) is 14.5 Å². The number of alkyl halides is 2. The minimum absolute atomic E-state index is 0.122. The van der Waals surface area contributed by atoms with Crippen LogP contribution in [-0.2, 0) is 4.79 Å². The number of hydrogen-bond donors (Lipinski definition) is 2. The van der Waals surface area contributed by atoms with Crippen molar-refractivity contribution in [2.45, 2.75) is 10.7 Å². The maximum absolute atomic E-state index is 12.8. The lowest BCUT2D eigenvalue weighted by molar-refractivity contribution is -0.117. The Hall–Kier alpha value is -2.98. The second-order valence-electron chi connectivity index (χ2n) is 7.14. The van der Waals surface area contributed by atoms with Gasteiger partial charge in [0.15, 0.2) is 5.69 Å². The van der Waals surface area contributed by atoms with Crippen LogP contribution in [0.25, 0.3) is 10.9 Å². The Bertz CT molecular complexity index is 1070. The number of amides is 2. The Morgan fingerprint density at radius 2 is 1.77 bits per heavy atom. The van der Waals surface area contributed by atoms with E-state index in [9.17, 15) is 18.4 Å². The van der Waals surface area contributed by atoms with Crippen LogP contribution in [0.1, 0.15) is 10.5 Å². The van der Waals surface area contributed by atoms with E-state index >= 15 is 0 Å². The summed E-state index contributed by atoms with van der Waals surface area (Å²) in [5.74, 6) is -2.78. The summed E-state index contributed by atoms with van der Waals surface area (Å²) in [4.78, 5) is 29.3. The highest BCUT2D eigenvalue weighted by Crippen LogP contribution is 2.26. The zero-order valence-corrected chi connectivity index (χ0v) is 17.4. The number of benzene rings is 2. The molecule has 162 valence electrons. The lowest BCUT2D eigenvalue weighted by atomic mass is 10.2. The van der Waals surface area contributed by atoms with Gasteiger partial charge >= 0.3 is 0 Å². The molecule has 7 nitrogen and oxygen atoms in total. The summed E-state index contributed by atoms with van der Waals surface area (Å²) < 4.78 is 24.8. The maximum atomic E-state index is 12.8. The van der Waals surface area contributed by atoms with Gasteiger partial charge in [-0.15, -0.1) is 0 Å². The van der Waals surface area contributed by atoms with Crippen molar-refractivity contribution in [2.75, 3.05) is 38.0 Å². The smallest absolute Gasteiger partial charge is 0.288 e. The molecule has 1 aromatic heterocycles. The van der Waals surface area contributed by atoms with E-state index in [2.05, 4.69) is 15.5 Å². The zero-order valence-electron chi connectivity index (χ0n) is 16.6. The van der Waals surface area contributed by atoms with E-state index in [1.54, 1.807) is 29.2 Å². The second kappa shape index (κ2) is 9.44. The van der Waals surface area contributed by atoms with Crippen LogP contribution >= 0.6 is 11.8 Å². The van der Waals surface area contributed by atoms with Gasteiger partial charge in [0, 0.05) is 42.1 Å². The van der Waals surface area contributed by atoms with Crippen molar-refractivity contribution in [3.05, 3.63) is 54.2 Å². The van der Waals surface area contributed by atoms with Crippen LogP contribution < -0.4 is 5.32 Å². The van der Waals surface area contributed by atoms with Crippen molar-refractivity contribution >= 4 is 40.2 Å². The molecular formula is C21H21F2N5O2S. The number of halogens is 2. The molecule has 2 aromatic carbocycles. The summed E-state index contributed by atoms with van der Waals surface area (Å²) in [6.45, 7) is 2.36. The van der Waals surface area contributed by atoms with Gasteiger partial charge in [-0.25, -0.2) is 0 Å². The molecule has 31 heavy (non-hydrogen) atoms. The van der Waals surface area contributed by atoms with Gasteiger partial charge < -0.3 is 10.2 Å². The third-order valence-corrected chi connectivity index (χ3v) is 5.79. The molecule has 0 radical (unpaired) electrons. The molecule has 1 aliphatic heterocycles. The number of carbonyl (C=O) groups excluding carboxylic acids is 2. The number of carbonyl (C=O) groups is 2. The average molecular weight is 445 g/mol. The largest absolute Gasteiger partial charge is 0.335 e. The molecule has 1 fully saturated rings. The van der Waals surface area contributed by atoms with Gasteiger partial charge in [-0.05, 0) is 30.3 Å². The number of H-pyrrole nitrogens is 1. The molecule has 4 rings (SSSR count). The number of anilines is 1. The Morgan fingerprint density at radius 3 is 2.48 bits per heavy atom. The zero-order chi connectivity index (χ0) is 21.8. The Balaban J connectivity index is 1.27. The first kappa shape index (κ1) is 21.3. The Labute approximate surface area is 181 Å². The summed E-state index contributed by atoms with van der Waals surface area (Å²) in [6, 6.07) is 13.8. The number of nitrogens with one attached hydrogen (secondary N) is 2. The van der Waals surface area contributed by atoms with E-state index in [0.717, 1.165) is 10.9 Å². The lowest BCUT2D eigenvalue weighted by Gasteiger charge is -2.34. The number of para-hydroxylation sites is 1. The summed E-state index contributed by atoms with van der Waals surface area (Å²) >= 11 is 0.464.